The molecule has 0 heterocycles. The van der Waals surface area contributed by atoms with Gasteiger partial charge >= 0.3 is 0 Å². The molecule has 0 unspecified atom stereocenters. The highest BCUT2D eigenvalue weighted by atomic mass is 16.7. The average molecular weight is 116 g/mol. The van der Waals surface area contributed by atoms with E-state index in [1.807, 2.05) is 6.08 Å². The van der Waals surface area contributed by atoms with E-state index in [1.165, 1.54) is 0 Å². The van der Waals surface area contributed by atoms with Gasteiger partial charge < -0.3 is 9.47 Å². The Hall–Kier alpha value is -0.340. The van der Waals surface area contributed by atoms with Crippen LogP contribution in [0.4, 0.5) is 0 Å². The van der Waals surface area contributed by atoms with Crippen molar-refractivity contribution in [2.24, 2.45) is 0 Å². The van der Waals surface area contributed by atoms with E-state index in [9.17, 15) is 0 Å². The smallest absolute Gasteiger partial charge is 0.146 e. The molecule has 0 saturated heterocycles. The third-order valence-electron chi connectivity index (χ3n) is 0.667. The maximum atomic E-state index is 4.93. The van der Waals surface area contributed by atoms with Crippen molar-refractivity contribution in [2.75, 3.05) is 20.5 Å². The van der Waals surface area contributed by atoms with Crippen LogP contribution in [-0.4, -0.2) is 20.5 Å². The van der Waals surface area contributed by atoms with Crippen molar-refractivity contribution in [3.63, 3.8) is 0 Å². The van der Waals surface area contributed by atoms with Gasteiger partial charge in [-0.1, -0.05) is 6.08 Å². The number of hydrogen-bond donors (Lipinski definition) is 0. The van der Waals surface area contributed by atoms with Crippen LogP contribution >= 0.6 is 0 Å². The fraction of sp³-hybridized carbons (Fsp3) is 0.667. The molecule has 2 heteroatoms. The van der Waals surface area contributed by atoms with Crippen molar-refractivity contribution >= 4 is 0 Å². The number of methoxy groups -OCH3 is 1. The van der Waals surface area contributed by atoms with Crippen molar-refractivity contribution in [2.45, 2.75) is 6.42 Å². The van der Waals surface area contributed by atoms with Crippen molar-refractivity contribution < 1.29 is 9.47 Å². The predicted molar refractivity (Wildman–Crippen MR) is 32.6 cm³/mol. The molecular formula is C6H12O2. The molecule has 2 nitrogen and oxygen atoms in total. The summed E-state index contributed by atoms with van der Waals surface area (Å²) in [5.41, 5.74) is 0. The van der Waals surface area contributed by atoms with Crippen LogP contribution in [-0.2, 0) is 9.47 Å². The van der Waals surface area contributed by atoms with E-state index < -0.39 is 0 Å². The van der Waals surface area contributed by atoms with Crippen LogP contribution in [0.15, 0.2) is 12.7 Å². The lowest BCUT2D eigenvalue weighted by Crippen LogP contribution is -1.96. The molecule has 0 radical (unpaired) electrons. The Morgan fingerprint density at radius 3 is 2.88 bits per heavy atom. The van der Waals surface area contributed by atoms with Crippen molar-refractivity contribution in [3.8, 4) is 0 Å². The molecule has 0 N–H and O–H groups in total. The Balaban J connectivity index is 2.62. The molecule has 0 aliphatic carbocycles. The first-order valence-electron chi connectivity index (χ1n) is 2.59. The first-order chi connectivity index (χ1) is 3.91. The van der Waals surface area contributed by atoms with Crippen LogP contribution in [0.3, 0.4) is 0 Å². The van der Waals surface area contributed by atoms with Crippen LogP contribution in [0.5, 0.6) is 0 Å². The van der Waals surface area contributed by atoms with Gasteiger partial charge in [0, 0.05) is 7.11 Å². The fourth-order valence-electron chi connectivity index (χ4n) is 0.309. The summed E-state index contributed by atoms with van der Waals surface area (Å²) in [4.78, 5) is 0. The normalized spacial score (nSPS) is 9.12. The highest BCUT2D eigenvalue weighted by Gasteiger charge is 1.79. The maximum Gasteiger partial charge on any atom is 0.146 e. The van der Waals surface area contributed by atoms with Crippen LogP contribution in [0.1, 0.15) is 6.42 Å². The second-order valence-electron chi connectivity index (χ2n) is 1.39. The number of rotatable bonds is 5. The van der Waals surface area contributed by atoms with Crippen LogP contribution in [0.2, 0.25) is 0 Å². The van der Waals surface area contributed by atoms with Gasteiger partial charge in [0.1, 0.15) is 6.79 Å². The van der Waals surface area contributed by atoms with Crippen LogP contribution in [0.25, 0.3) is 0 Å². The minimum absolute atomic E-state index is 0.383. The van der Waals surface area contributed by atoms with E-state index >= 15 is 0 Å². The zero-order valence-electron chi connectivity index (χ0n) is 5.22. The van der Waals surface area contributed by atoms with Gasteiger partial charge in [-0.3, -0.25) is 0 Å². The van der Waals surface area contributed by atoms with Gasteiger partial charge in [0.15, 0.2) is 0 Å². The molecule has 0 spiro atoms. The summed E-state index contributed by atoms with van der Waals surface area (Å²) in [6, 6.07) is 0. The molecular weight excluding hydrogens is 104 g/mol. The van der Waals surface area contributed by atoms with E-state index in [4.69, 9.17) is 4.74 Å². The van der Waals surface area contributed by atoms with Gasteiger partial charge in [-0.2, -0.15) is 0 Å². The molecule has 0 bridgehead atoms. The molecule has 0 aliphatic heterocycles. The Morgan fingerprint density at radius 2 is 2.38 bits per heavy atom. The topological polar surface area (TPSA) is 18.5 Å². The van der Waals surface area contributed by atoms with Gasteiger partial charge in [-0.05, 0) is 6.42 Å². The van der Waals surface area contributed by atoms with Gasteiger partial charge in [0.25, 0.3) is 0 Å². The van der Waals surface area contributed by atoms with Crippen molar-refractivity contribution in [3.05, 3.63) is 12.7 Å². The Bertz CT molecular complexity index is 52.5. The summed E-state index contributed by atoms with van der Waals surface area (Å²) in [6.07, 6.45) is 2.71. The standard InChI is InChI=1S/C6H12O2/c1-3-4-5-8-6-7-2/h3H,1,4-6H2,2H3. The van der Waals surface area contributed by atoms with Crippen molar-refractivity contribution in [1.82, 2.24) is 0 Å². The highest BCUT2D eigenvalue weighted by Crippen LogP contribution is 1.81. The molecule has 48 valence electrons. The first kappa shape index (κ1) is 7.66. The summed E-state index contributed by atoms with van der Waals surface area (Å²) < 4.78 is 9.56. The molecule has 8 heavy (non-hydrogen) atoms. The zero-order chi connectivity index (χ0) is 6.24. The maximum absolute atomic E-state index is 4.93. The predicted octanol–water partition coefficient (Wildman–Crippen LogP) is 1.18. The summed E-state index contributed by atoms with van der Waals surface area (Å²) in [5, 5.41) is 0. The minimum atomic E-state index is 0.383. The average Bonchev–Trinajstić information content (AvgIpc) is 1.81. The number of hydrogen-bond acceptors (Lipinski definition) is 2. The SMILES string of the molecule is C=CCCOCOC. The van der Waals surface area contributed by atoms with Crippen LogP contribution in [0, 0.1) is 0 Å². The molecule has 0 saturated carbocycles. The second-order valence-corrected chi connectivity index (χ2v) is 1.39. The Morgan fingerprint density at radius 1 is 1.62 bits per heavy atom. The van der Waals surface area contributed by atoms with Gasteiger partial charge in [-0.25, -0.2) is 0 Å². The lowest BCUT2D eigenvalue weighted by atomic mass is 10.5. The van der Waals surface area contributed by atoms with Gasteiger partial charge in [-0.15, -0.1) is 6.58 Å². The molecule has 0 amide bonds. The van der Waals surface area contributed by atoms with E-state index in [1.54, 1.807) is 7.11 Å². The summed E-state index contributed by atoms with van der Waals surface area (Å²) in [5.74, 6) is 0. The fourth-order valence-corrected chi connectivity index (χ4v) is 0.309. The quantitative estimate of drug-likeness (QED) is 0.305. The largest absolute Gasteiger partial charge is 0.359 e. The molecule has 0 fully saturated rings. The molecule has 0 rings (SSSR count). The Kier molecular flexibility index (Phi) is 6.38. The van der Waals surface area contributed by atoms with E-state index in [-0.39, 0.29) is 0 Å². The monoisotopic (exact) mass is 116 g/mol. The van der Waals surface area contributed by atoms with Crippen LogP contribution < -0.4 is 0 Å². The lowest BCUT2D eigenvalue weighted by molar-refractivity contribution is -0.0285. The molecule has 0 atom stereocenters. The second kappa shape index (κ2) is 6.66. The van der Waals surface area contributed by atoms with Gasteiger partial charge in [0.05, 0.1) is 6.61 Å². The third kappa shape index (κ3) is 5.66. The highest BCUT2D eigenvalue weighted by molar-refractivity contribution is 4.64. The first-order valence-corrected chi connectivity index (χ1v) is 2.59. The third-order valence-corrected chi connectivity index (χ3v) is 0.667. The van der Waals surface area contributed by atoms with Crippen molar-refractivity contribution in [1.29, 1.82) is 0 Å². The Labute approximate surface area is 50.1 Å². The van der Waals surface area contributed by atoms with E-state index in [2.05, 4.69) is 11.3 Å². The summed E-state index contributed by atoms with van der Waals surface area (Å²) in [6.45, 7) is 4.63. The summed E-state index contributed by atoms with van der Waals surface area (Å²) >= 11 is 0. The number of ether oxygens (including phenoxy) is 2. The minimum Gasteiger partial charge on any atom is -0.359 e. The van der Waals surface area contributed by atoms with E-state index in [0.29, 0.717) is 13.4 Å². The molecule has 0 aromatic rings. The summed E-state index contributed by atoms with van der Waals surface area (Å²) in [7, 11) is 1.61. The zero-order valence-corrected chi connectivity index (χ0v) is 5.22. The molecule has 0 aromatic carbocycles. The molecule has 0 aliphatic rings. The van der Waals surface area contributed by atoms with Gasteiger partial charge in [0.2, 0.25) is 0 Å². The van der Waals surface area contributed by atoms with E-state index in [0.717, 1.165) is 6.42 Å². The lowest BCUT2D eigenvalue weighted by Gasteiger charge is -1.97. The molecule has 0 aromatic heterocycles.